The van der Waals surface area contributed by atoms with Crippen molar-refractivity contribution in [3.63, 3.8) is 0 Å². The first-order valence-corrected chi connectivity index (χ1v) is 11.6. The molecule has 1 heterocycles. The molecule has 1 aliphatic heterocycles. The summed E-state index contributed by atoms with van der Waals surface area (Å²) >= 11 is 0. The van der Waals surface area contributed by atoms with E-state index >= 15 is 0 Å². The van der Waals surface area contributed by atoms with Crippen LogP contribution in [-0.2, 0) is 14.3 Å². The lowest BCUT2D eigenvalue weighted by Gasteiger charge is -2.27. The molecule has 34 heavy (non-hydrogen) atoms. The molecule has 8 nitrogen and oxygen atoms in total. The number of likely N-dealkylation sites (tertiary alicyclic amines) is 1. The Morgan fingerprint density at radius 2 is 1.65 bits per heavy atom. The van der Waals surface area contributed by atoms with Gasteiger partial charge in [-0.15, -0.1) is 0 Å². The first-order valence-electron chi connectivity index (χ1n) is 11.6. The lowest BCUT2D eigenvalue weighted by molar-refractivity contribution is -0.148. The molecule has 0 radical (unpaired) electrons. The number of fused-ring (bicyclic) bond motifs is 3. The molecule has 0 spiro atoms. The van der Waals surface area contributed by atoms with E-state index in [0.717, 1.165) is 22.3 Å². The van der Waals surface area contributed by atoms with E-state index in [1.54, 1.807) is 0 Å². The zero-order chi connectivity index (χ0) is 24.4. The molecule has 1 saturated heterocycles. The highest BCUT2D eigenvalue weighted by molar-refractivity contribution is 5.85. The van der Waals surface area contributed by atoms with E-state index in [4.69, 9.17) is 4.74 Å². The highest BCUT2D eigenvalue weighted by Gasteiger charge is 2.39. The number of carboxylic acids is 1. The Morgan fingerprint density at radius 3 is 2.21 bits per heavy atom. The fraction of sp³-hybridized carbons (Fsp3) is 0.423. The molecule has 3 N–H and O–H groups in total. The van der Waals surface area contributed by atoms with Crippen molar-refractivity contribution in [2.45, 2.75) is 50.8 Å². The van der Waals surface area contributed by atoms with Gasteiger partial charge in [0, 0.05) is 31.3 Å². The number of aliphatic hydroxyl groups excluding tert-OH is 1. The number of rotatable bonds is 7. The number of β-amino-alcohol motifs (C(OH)–C–C–N with tert-alkyl or cyclic N) is 1. The third kappa shape index (κ3) is 4.77. The van der Waals surface area contributed by atoms with Crippen LogP contribution in [0.5, 0.6) is 0 Å². The lowest BCUT2D eigenvalue weighted by atomic mass is 9.98. The van der Waals surface area contributed by atoms with Gasteiger partial charge in [-0.3, -0.25) is 4.79 Å². The number of ether oxygens (including phenoxy) is 1. The Kier molecular flexibility index (Phi) is 6.88. The van der Waals surface area contributed by atoms with Crippen LogP contribution in [0.1, 0.15) is 43.7 Å². The van der Waals surface area contributed by atoms with E-state index in [2.05, 4.69) is 17.4 Å². The number of benzene rings is 2. The molecule has 8 heteroatoms. The largest absolute Gasteiger partial charge is 0.480 e. The number of hydrogen-bond acceptors (Lipinski definition) is 5. The summed E-state index contributed by atoms with van der Waals surface area (Å²) in [5.41, 5.74) is 4.50. The molecule has 4 rings (SSSR count). The number of carbonyl (C=O) groups is 3. The summed E-state index contributed by atoms with van der Waals surface area (Å²) in [5, 5.41) is 22.0. The van der Waals surface area contributed by atoms with Gasteiger partial charge in [0.2, 0.25) is 5.91 Å². The van der Waals surface area contributed by atoms with Gasteiger partial charge in [-0.05, 0) is 28.2 Å². The Labute approximate surface area is 198 Å². The zero-order valence-corrected chi connectivity index (χ0v) is 19.3. The smallest absolute Gasteiger partial charge is 0.407 e. The van der Waals surface area contributed by atoms with Gasteiger partial charge < -0.3 is 25.2 Å². The molecule has 0 unspecified atom stereocenters. The second-order valence-electron chi connectivity index (χ2n) is 9.31. The van der Waals surface area contributed by atoms with E-state index in [-0.39, 0.29) is 37.8 Å². The third-order valence-electron chi connectivity index (χ3n) is 6.73. The van der Waals surface area contributed by atoms with Gasteiger partial charge in [-0.2, -0.15) is 0 Å². The van der Waals surface area contributed by atoms with Gasteiger partial charge in [0.1, 0.15) is 12.6 Å². The van der Waals surface area contributed by atoms with Gasteiger partial charge in [-0.25, -0.2) is 9.59 Å². The van der Waals surface area contributed by atoms with Gasteiger partial charge in [0.05, 0.1) is 6.10 Å². The van der Waals surface area contributed by atoms with Crippen molar-refractivity contribution < 1.29 is 29.3 Å². The van der Waals surface area contributed by atoms with Crippen molar-refractivity contribution in [2.75, 3.05) is 13.2 Å². The van der Waals surface area contributed by atoms with Gasteiger partial charge >= 0.3 is 12.1 Å². The van der Waals surface area contributed by atoms with E-state index in [0.29, 0.717) is 0 Å². The molecule has 2 amide bonds. The summed E-state index contributed by atoms with van der Waals surface area (Å²) in [6.07, 6.45) is -1.55. The van der Waals surface area contributed by atoms with Crippen LogP contribution < -0.4 is 5.32 Å². The van der Waals surface area contributed by atoms with Gasteiger partial charge in [0.15, 0.2) is 0 Å². The predicted octanol–water partition coefficient (Wildman–Crippen LogP) is 2.99. The van der Waals surface area contributed by atoms with E-state index in [1.165, 1.54) is 4.90 Å². The lowest BCUT2D eigenvalue weighted by Crippen LogP contribution is -2.46. The van der Waals surface area contributed by atoms with E-state index in [1.807, 2.05) is 50.2 Å². The standard InChI is InChI=1S/C26H30N2O6/c1-15(2)22(12-24(30)28-13-16(29)11-23(28)25(31)32)27-26(33)34-14-21-19-9-5-3-7-17(19)18-8-4-6-10-20(18)21/h3-10,15-16,21-23,29H,11-14H2,1-2H3,(H,27,33)(H,31,32)/t16-,22+,23-/m0/s1. The number of amides is 2. The van der Waals surface area contributed by atoms with Crippen molar-refractivity contribution in [3.05, 3.63) is 59.7 Å². The van der Waals surface area contributed by atoms with Crippen LogP contribution in [0.3, 0.4) is 0 Å². The van der Waals surface area contributed by atoms with Crippen LogP contribution in [0.25, 0.3) is 11.1 Å². The van der Waals surface area contributed by atoms with Crippen LogP contribution in [0, 0.1) is 5.92 Å². The molecule has 2 aromatic carbocycles. The predicted molar refractivity (Wildman–Crippen MR) is 125 cm³/mol. The Balaban J connectivity index is 1.39. The normalized spacial score (nSPS) is 20.1. The minimum atomic E-state index is -1.14. The molecule has 3 atom stereocenters. The maximum atomic E-state index is 12.8. The maximum absolute atomic E-state index is 12.8. The van der Waals surface area contributed by atoms with Crippen LogP contribution in [0.15, 0.2) is 48.5 Å². The second kappa shape index (κ2) is 9.85. The van der Waals surface area contributed by atoms with Gasteiger partial charge in [0.25, 0.3) is 0 Å². The minimum Gasteiger partial charge on any atom is -0.480 e. The zero-order valence-electron chi connectivity index (χ0n) is 19.3. The Hall–Kier alpha value is -3.39. The fourth-order valence-electron chi connectivity index (χ4n) is 4.87. The SMILES string of the molecule is CC(C)[C@@H](CC(=O)N1C[C@@H](O)C[C@H]1C(=O)O)NC(=O)OCC1c2ccccc2-c2ccccc21. The summed E-state index contributed by atoms with van der Waals surface area (Å²) in [6, 6.07) is 14.5. The minimum absolute atomic E-state index is 0.00717. The summed E-state index contributed by atoms with van der Waals surface area (Å²) < 4.78 is 5.59. The number of carbonyl (C=O) groups excluding carboxylic acids is 2. The molecule has 180 valence electrons. The first-order chi connectivity index (χ1) is 16.3. The number of hydrogen-bond donors (Lipinski definition) is 3. The summed E-state index contributed by atoms with van der Waals surface area (Å²) in [7, 11) is 0. The number of aliphatic hydroxyl groups is 1. The number of alkyl carbamates (subject to hydrolysis) is 1. The molecule has 0 bridgehead atoms. The number of nitrogens with one attached hydrogen (secondary N) is 1. The third-order valence-corrected chi connectivity index (χ3v) is 6.73. The van der Waals surface area contributed by atoms with Crippen molar-refractivity contribution in [1.29, 1.82) is 0 Å². The molecule has 2 aliphatic rings. The fourth-order valence-corrected chi connectivity index (χ4v) is 4.87. The molecule has 0 aromatic heterocycles. The molecule has 1 fully saturated rings. The van der Waals surface area contributed by atoms with E-state index in [9.17, 15) is 24.6 Å². The summed E-state index contributed by atoms with van der Waals surface area (Å²) in [6.45, 7) is 3.88. The molecular weight excluding hydrogens is 436 g/mol. The monoisotopic (exact) mass is 466 g/mol. The highest BCUT2D eigenvalue weighted by atomic mass is 16.5. The van der Waals surface area contributed by atoms with Gasteiger partial charge in [-0.1, -0.05) is 62.4 Å². The van der Waals surface area contributed by atoms with Crippen molar-refractivity contribution >= 4 is 18.0 Å². The number of nitrogens with zero attached hydrogens (tertiary/aromatic N) is 1. The average molecular weight is 467 g/mol. The van der Waals surface area contributed by atoms with Crippen molar-refractivity contribution in [3.8, 4) is 11.1 Å². The summed E-state index contributed by atoms with van der Waals surface area (Å²) in [4.78, 5) is 38.1. The maximum Gasteiger partial charge on any atom is 0.407 e. The van der Waals surface area contributed by atoms with Crippen molar-refractivity contribution in [2.24, 2.45) is 5.92 Å². The molecule has 0 saturated carbocycles. The van der Waals surface area contributed by atoms with Crippen LogP contribution in [0.2, 0.25) is 0 Å². The number of aliphatic carboxylic acids is 1. The van der Waals surface area contributed by atoms with Crippen molar-refractivity contribution in [1.82, 2.24) is 10.2 Å². The van der Waals surface area contributed by atoms with E-state index < -0.39 is 36.2 Å². The summed E-state index contributed by atoms with van der Waals surface area (Å²) in [5.74, 6) is -1.71. The quantitative estimate of drug-likeness (QED) is 0.578. The second-order valence-corrected chi connectivity index (χ2v) is 9.31. The molecular formula is C26H30N2O6. The topological polar surface area (TPSA) is 116 Å². The van der Waals surface area contributed by atoms with Crippen LogP contribution in [0.4, 0.5) is 4.79 Å². The molecule has 2 aromatic rings. The Morgan fingerprint density at radius 1 is 1.06 bits per heavy atom. The Bertz CT molecular complexity index is 1040. The molecule has 1 aliphatic carbocycles. The van der Waals surface area contributed by atoms with Crippen LogP contribution in [-0.4, -0.2) is 64.4 Å². The average Bonchev–Trinajstić information content (AvgIpc) is 3.35. The highest BCUT2D eigenvalue weighted by Crippen LogP contribution is 2.44. The van der Waals surface area contributed by atoms with Crippen LogP contribution >= 0.6 is 0 Å². The first kappa shape index (κ1) is 23.8. The number of carboxylic acid groups (broad SMARTS) is 1.